The molecule has 2 N–H and O–H groups in total. The molecule has 0 saturated heterocycles. The molecule has 0 unspecified atom stereocenters. The Labute approximate surface area is 107 Å². The number of halogens is 1. The van der Waals surface area contributed by atoms with Crippen LogP contribution in [-0.2, 0) is 11.3 Å². The van der Waals surface area contributed by atoms with E-state index in [1.807, 2.05) is 0 Å². The lowest BCUT2D eigenvalue weighted by molar-refractivity contribution is 0.00737. The van der Waals surface area contributed by atoms with Gasteiger partial charge in [0.1, 0.15) is 5.82 Å². The average molecular weight is 255 g/mol. The third-order valence-electron chi connectivity index (χ3n) is 3.36. The Bertz CT molecular complexity index is 376. The van der Waals surface area contributed by atoms with Crippen LogP contribution >= 0.6 is 11.6 Å². The summed E-state index contributed by atoms with van der Waals surface area (Å²) < 4.78 is 5.85. The van der Waals surface area contributed by atoms with Crippen LogP contribution in [0.3, 0.4) is 0 Å². The quantitative estimate of drug-likeness (QED) is 0.899. The van der Waals surface area contributed by atoms with E-state index in [0.717, 1.165) is 24.5 Å². The Morgan fingerprint density at radius 2 is 2.06 bits per heavy atom. The van der Waals surface area contributed by atoms with E-state index in [1.165, 1.54) is 12.8 Å². The molecule has 0 aliphatic heterocycles. The first-order chi connectivity index (χ1) is 8.15. The van der Waals surface area contributed by atoms with E-state index in [-0.39, 0.29) is 0 Å². The van der Waals surface area contributed by atoms with Crippen molar-refractivity contribution in [3.8, 4) is 0 Å². The number of nitrogens with two attached hydrogens (primary N) is 1. The van der Waals surface area contributed by atoms with Crippen LogP contribution in [0.15, 0.2) is 12.1 Å². The van der Waals surface area contributed by atoms with Crippen LogP contribution in [0.1, 0.15) is 38.3 Å². The molecule has 1 aliphatic carbocycles. The Morgan fingerprint density at radius 1 is 1.35 bits per heavy atom. The van der Waals surface area contributed by atoms with Crippen molar-refractivity contribution in [2.45, 2.75) is 45.3 Å². The van der Waals surface area contributed by atoms with Crippen LogP contribution in [0.2, 0.25) is 5.02 Å². The number of nitrogens with zero attached hydrogens (tertiary/aromatic N) is 1. The number of aromatic nitrogens is 1. The molecule has 1 fully saturated rings. The third kappa shape index (κ3) is 3.58. The van der Waals surface area contributed by atoms with E-state index in [1.54, 1.807) is 12.1 Å². The molecule has 0 atom stereocenters. The second-order valence-corrected chi connectivity index (χ2v) is 5.26. The van der Waals surface area contributed by atoms with E-state index in [2.05, 4.69) is 11.9 Å². The summed E-state index contributed by atoms with van der Waals surface area (Å²) in [4.78, 5) is 4.19. The van der Waals surface area contributed by atoms with Crippen LogP contribution in [-0.4, -0.2) is 11.1 Å². The minimum absolute atomic E-state index is 0.352. The highest BCUT2D eigenvalue weighted by Gasteiger charge is 2.19. The molecule has 1 aromatic heterocycles. The monoisotopic (exact) mass is 254 g/mol. The van der Waals surface area contributed by atoms with Crippen LogP contribution in [0.4, 0.5) is 5.82 Å². The Kier molecular flexibility index (Phi) is 4.24. The van der Waals surface area contributed by atoms with Gasteiger partial charge in [0, 0.05) is 0 Å². The topological polar surface area (TPSA) is 48.1 Å². The number of hydrogen-bond donors (Lipinski definition) is 1. The molecule has 1 aromatic rings. The molecule has 0 bridgehead atoms. The van der Waals surface area contributed by atoms with Gasteiger partial charge in [-0.2, -0.15) is 0 Å². The molecule has 94 valence electrons. The Hall–Kier alpha value is -0.800. The smallest absolute Gasteiger partial charge is 0.123 e. The van der Waals surface area contributed by atoms with Gasteiger partial charge in [-0.25, -0.2) is 4.98 Å². The molecule has 0 aromatic carbocycles. The largest absolute Gasteiger partial charge is 0.384 e. The van der Waals surface area contributed by atoms with Crippen molar-refractivity contribution in [2.24, 2.45) is 5.92 Å². The van der Waals surface area contributed by atoms with Crippen molar-refractivity contribution in [2.75, 3.05) is 5.73 Å². The Balaban J connectivity index is 1.87. The minimum atomic E-state index is 0.352. The maximum atomic E-state index is 6.04. The van der Waals surface area contributed by atoms with Crippen LogP contribution in [0.25, 0.3) is 0 Å². The summed E-state index contributed by atoms with van der Waals surface area (Å²) in [7, 11) is 0. The molecule has 1 saturated carbocycles. The van der Waals surface area contributed by atoms with Crippen molar-refractivity contribution in [3.05, 3.63) is 22.8 Å². The van der Waals surface area contributed by atoms with Crippen molar-refractivity contribution in [1.29, 1.82) is 0 Å². The van der Waals surface area contributed by atoms with Gasteiger partial charge in [0.05, 0.1) is 23.4 Å². The third-order valence-corrected chi connectivity index (χ3v) is 3.70. The number of hydrogen-bond acceptors (Lipinski definition) is 3. The molecule has 0 spiro atoms. The summed E-state index contributed by atoms with van der Waals surface area (Å²) in [6.07, 6.45) is 5.14. The predicted octanol–water partition coefficient (Wildman–Crippen LogP) is 3.41. The van der Waals surface area contributed by atoms with Gasteiger partial charge in [-0.3, -0.25) is 0 Å². The lowest BCUT2D eigenvalue weighted by atomic mass is 9.89. The Morgan fingerprint density at radius 3 is 2.76 bits per heavy atom. The zero-order valence-electron chi connectivity index (χ0n) is 10.2. The molecule has 2 rings (SSSR count). The molecule has 1 aliphatic rings. The summed E-state index contributed by atoms with van der Waals surface area (Å²) in [5, 5.41) is 0.628. The molecule has 0 radical (unpaired) electrons. The van der Waals surface area contributed by atoms with Crippen molar-refractivity contribution >= 4 is 17.4 Å². The highest BCUT2D eigenvalue weighted by molar-refractivity contribution is 6.31. The van der Waals surface area contributed by atoms with Crippen LogP contribution in [0, 0.1) is 5.92 Å². The van der Waals surface area contributed by atoms with Crippen molar-refractivity contribution in [1.82, 2.24) is 4.98 Å². The molecule has 4 heteroatoms. The van der Waals surface area contributed by atoms with E-state index >= 15 is 0 Å². The summed E-state index contributed by atoms with van der Waals surface area (Å²) in [5.74, 6) is 1.33. The molecule has 0 amide bonds. The van der Waals surface area contributed by atoms with Gasteiger partial charge in [0.25, 0.3) is 0 Å². The summed E-state index contributed by atoms with van der Waals surface area (Å²) in [6, 6.07) is 3.47. The van der Waals surface area contributed by atoms with Gasteiger partial charge >= 0.3 is 0 Å². The van der Waals surface area contributed by atoms with Gasteiger partial charge in [0.2, 0.25) is 0 Å². The summed E-state index contributed by atoms with van der Waals surface area (Å²) >= 11 is 6.04. The normalized spacial score (nSPS) is 24.8. The fraction of sp³-hybridized carbons (Fsp3) is 0.615. The SMILES string of the molecule is CC1CCC(OCc2nc(N)ccc2Cl)CC1. The lowest BCUT2D eigenvalue weighted by Gasteiger charge is -2.26. The van der Waals surface area contributed by atoms with Crippen LogP contribution < -0.4 is 5.73 Å². The summed E-state index contributed by atoms with van der Waals surface area (Å²) in [5.41, 5.74) is 6.37. The average Bonchev–Trinajstić information content (AvgIpc) is 2.32. The first kappa shape index (κ1) is 12.7. The van der Waals surface area contributed by atoms with E-state index in [4.69, 9.17) is 22.1 Å². The molecule has 3 nitrogen and oxygen atoms in total. The standard InChI is InChI=1S/C13H19ClN2O/c1-9-2-4-10(5-3-9)17-8-12-11(14)6-7-13(15)16-12/h6-7,9-10H,2-5,8H2,1H3,(H2,15,16). The zero-order chi connectivity index (χ0) is 12.3. The minimum Gasteiger partial charge on any atom is -0.384 e. The van der Waals surface area contributed by atoms with E-state index in [0.29, 0.717) is 23.6 Å². The maximum Gasteiger partial charge on any atom is 0.123 e. The number of pyridine rings is 1. The lowest BCUT2D eigenvalue weighted by Crippen LogP contribution is -2.20. The molecular formula is C13H19ClN2O. The van der Waals surface area contributed by atoms with Gasteiger partial charge < -0.3 is 10.5 Å². The van der Waals surface area contributed by atoms with Crippen LogP contribution in [0.5, 0.6) is 0 Å². The second-order valence-electron chi connectivity index (χ2n) is 4.86. The fourth-order valence-electron chi connectivity index (χ4n) is 2.20. The first-order valence-corrected chi connectivity index (χ1v) is 6.55. The highest BCUT2D eigenvalue weighted by Crippen LogP contribution is 2.26. The zero-order valence-corrected chi connectivity index (χ0v) is 10.9. The molecular weight excluding hydrogens is 236 g/mol. The second kappa shape index (κ2) is 5.69. The predicted molar refractivity (Wildman–Crippen MR) is 69.9 cm³/mol. The first-order valence-electron chi connectivity index (χ1n) is 6.17. The van der Waals surface area contributed by atoms with Gasteiger partial charge in [0.15, 0.2) is 0 Å². The van der Waals surface area contributed by atoms with Gasteiger partial charge in [-0.1, -0.05) is 18.5 Å². The van der Waals surface area contributed by atoms with E-state index in [9.17, 15) is 0 Å². The van der Waals surface area contributed by atoms with E-state index < -0.39 is 0 Å². The van der Waals surface area contributed by atoms with Gasteiger partial charge in [-0.15, -0.1) is 0 Å². The summed E-state index contributed by atoms with van der Waals surface area (Å²) in [6.45, 7) is 2.76. The van der Waals surface area contributed by atoms with Gasteiger partial charge in [-0.05, 0) is 43.7 Å². The number of rotatable bonds is 3. The van der Waals surface area contributed by atoms with Crippen molar-refractivity contribution in [3.63, 3.8) is 0 Å². The maximum absolute atomic E-state index is 6.04. The number of anilines is 1. The number of nitrogen functional groups attached to an aromatic ring is 1. The van der Waals surface area contributed by atoms with Crippen molar-refractivity contribution < 1.29 is 4.74 Å². The molecule has 1 heterocycles. The highest BCUT2D eigenvalue weighted by atomic mass is 35.5. The fourth-order valence-corrected chi connectivity index (χ4v) is 2.36. The molecule has 17 heavy (non-hydrogen) atoms. The number of ether oxygens (including phenoxy) is 1.